The smallest absolute Gasteiger partial charge is 0.267 e. The number of anilines is 2. The standard InChI is InChI=1S/C29H31N3O7S/c1-20-3-8-24(9-4-20)38-18-15-32-26-19-23(7-12-27(26)39-21(2)29(32)34)30-28(33)22-5-10-25(11-6-22)40(35,36)31-13-16-37-17-14-31/h3-12,19,21H,13-18H2,1-2H3,(H,30,33). The van der Waals surface area contributed by atoms with Crippen LogP contribution in [-0.2, 0) is 19.6 Å². The molecule has 2 aliphatic heterocycles. The molecular formula is C29H31N3O7S. The molecule has 5 rings (SSSR count). The number of rotatable bonds is 8. The van der Waals surface area contributed by atoms with Crippen molar-refractivity contribution in [2.45, 2.75) is 24.8 Å². The Morgan fingerprint density at radius 1 is 1.02 bits per heavy atom. The van der Waals surface area contributed by atoms with Gasteiger partial charge in [0.05, 0.1) is 30.3 Å². The van der Waals surface area contributed by atoms with Crippen molar-refractivity contribution in [1.82, 2.24) is 4.31 Å². The summed E-state index contributed by atoms with van der Waals surface area (Å²) in [5, 5.41) is 2.82. The lowest BCUT2D eigenvalue weighted by Crippen LogP contribution is -2.46. The molecule has 0 bridgehead atoms. The average Bonchev–Trinajstić information content (AvgIpc) is 2.97. The molecule has 0 aliphatic carbocycles. The molecule has 2 amide bonds. The highest BCUT2D eigenvalue weighted by atomic mass is 32.2. The van der Waals surface area contributed by atoms with Gasteiger partial charge in [0.25, 0.3) is 11.8 Å². The summed E-state index contributed by atoms with van der Waals surface area (Å²) in [5.74, 6) is 0.615. The van der Waals surface area contributed by atoms with Crippen molar-refractivity contribution in [2.24, 2.45) is 0 Å². The van der Waals surface area contributed by atoms with Crippen molar-refractivity contribution in [3.05, 3.63) is 77.9 Å². The van der Waals surface area contributed by atoms with Crippen LogP contribution in [0, 0.1) is 6.92 Å². The fourth-order valence-electron chi connectivity index (χ4n) is 4.52. The minimum absolute atomic E-state index is 0.119. The van der Waals surface area contributed by atoms with E-state index in [1.165, 1.54) is 28.6 Å². The maximum Gasteiger partial charge on any atom is 0.267 e. The number of hydrogen-bond acceptors (Lipinski definition) is 7. The molecule has 0 spiro atoms. The van der Waals surface area contributed by atoms with Crippen molar-refractivity contribution < 1.29 is 32.2 Å². The Morgan fingerprint density at radius 2 is 1.73 bits per heavy atom. The molecule has 0 aromatic heterocycles. The normalized spacial score (nSPS) is 17.6. The van der Waals surface area contributed by atoms with Crippen molar-refractivity contribution in [1.29, 1.82) is 0 Å². The summed E-state index contributed by atoms with van der Waals surface area (Å²) < 4.78 is 43.9. The number of ether oxygens (including phenoxy) is 3. The predicted molar refractivity (Wildman–Crippen MR) is 150 cm³/mol. The first-order chi connectivity index (χ1) is 19.2. The number of aryl methyl sites for hydroxylation is 1. The Balaban J connectivity index is 1.28. The largest absolute Gasteiger partial charge is 0.492 e. The number of carbonyl (C=O) groups is 2. The Morgan fingerprint density at radius 3 is 2.42 bits per heavy atom. The van der Waals surface area contributed by atoms with E-state index in [0.29, 0.717) is 61.3 Å². The second-order valence-corrected chi connectivity index (χ2v) is 11.5. The molecule has 2 heterocycles. The zero-order valence-corrected chi connectivity index (χ0v) is 23.1. The van der Waals surface area contributed by atoms with Gasteiger partial charge in [-0.3, -0.25) is 9.59 Å². The van der Waals surface area contributed by atoms with E-state index in [0.717, 1.165) is 5.56 Å². The monoisotopic (exact) mass is 565 g/mol. The summed E-state index contributed by atoms with van der Waals surface area (Å²) in [6.45, 7) is 5.56. The Bertz CT molecular complexity index is 1490. The van der Waals surface area contributed by atoms with Crippen LogP contribution < -0.4 is 19.7 Å². The predicted octanol–water partition coefficient (Wildman–Crippen LogP) is 3.46. The topological polar surface area (TPSA) is 114 Å². The second-order valence-electron chi connectivity index (χ2n) is 9.59. The SMILES string of the molecule is Cc1ccc(OCCN2C(=O)C(C)Oc3ccc(NC(=O)c4ccc(S(=O)(=O)N5CCOCC5)cc4)cc32)cc1. The van der Waals surface area contributed by atoms with E-state index in [-0.39, 0.29) is 17.4 Å². The summed E-state index contributed by atoms with van der Waals surface area (Å²) in [6.07, 6.45) is -0.653. The van der Waals surface area contributed by atoms with Crippen LogP contribution in [0.25, 0.3) is 0 Å². The summed E-state index contributed by atoms with van der Waals surface area (Å²) in [5.41, 5.74) is 2.41. The number of benzene rings is 3. The van der Waals surface area contributed by atoms with Crippen LogP contribution in [-0.4, -0.2) is 70.1 Å². The van der Waals surface area contributed by atoms with E-state index in [1.807, 2.05) is 31.2 Å². The average molecular weight is 566 g/mol. The third-order valence-electron chi connectivity index (χ3n) is 6.75. The minimum atomic E-state index is -3.66. The highest BCUT2D eigenvalue weighted by Crippen LogP contribution is 2.36. The summed E-state index contributed by atoms with van der Waals surface area (Å²) in [4.78, 5) is 27.6. The minimum Gasteiger partial charge on any atom is -0.492 e. The molecular weight excluding hydrogens is 534 g/mol. The van der Waals surface area contributed by atoms with Crippen LogP contribution in [0.3, 0.4) is 0 Å². The van der Waals surface area contributed by atoms with Gasteiger partial charge in [-0.1, -0.05) is 17.7 Å². The zero-order valence-electron chi connectivity index (χ0n) is 22.3. The molecule has 3 aromatic rings. The third kappa shape index (κ3) is 5.96. The van der Waals surface area contributed by atoms with E-state index in [4.69, 9.17) is 14.2 Å². The van der Waals surface area contributed by atoms with Gasteiger partial charge >= 0.3 is 0 Å². The second kappa shape index (κ2) is 11.7. The highest BCUT2D eigenvalue weighted by molar-refractivity contribution is 7.89. The number of sulfonamides is 1. The quantitative estimate of drug-likeness (QED) is 0.445. The number of amides is 2. The number of nitrogens with zero attached hydrogens (tertiary/aromatic N) is 2. The molecule has 0 saturated carbocycles. The van der Waals surface area contributed by atoms with Gasteiger partial charge in [-0.25, -0.2) is 8.42 Å². The maximum atomic E-state index is 13.0. The first kappa shape index (κ1) is 27.6. The lowest BCUT2D eigenvalue weighted by Gasteiger charge is -2.33. The van der Waals surface area contributed by atoms with Gasteiger partial charge in [-0.2, -0.15) is 4.31 Å². The molecule has 2 aliphatic rings. The van der Waals surface area contributed by atoms with Crippen LogP contribution in [0.5, 0.6) is 11.5 Å². The molecule has 11 heteroatoms. The fraction of sp³-hybridized carbons (Fsp3) is 0.310. The molecule has 40 heavy (non-hydrogen) atoms. The van der Waals surface area contributed by atoms with Gasteiger partial charge in [-0.05, 0) is 68.4 Å². The molecule has 210 valence electrons. The summed E-state index contributed by atoms with van der Waals surface area (Å²) in [6, 6.07) is 18.6. The van der Waals surface area contributed by atoms with E-state index in [1.54, 1.807) is 30.0 Å². The van der Waals surface area contributed by atoms with Crippen molar-refractivity contribution in [3.63, 3.8) is 0 Å². The van der Waals surface area contributed by atoms with Crippen molar-refractivity contribution in [3.8, 4) is 11.5 Å². The Kier molecular flexibility index (Phi) is 8.06. The Labute approximate surface area is 233 Å². The van der Waals surface area contributed by atoms with E-state index >= 15 is 0 Å². The summed E-state index contributed by atoms with van der Waals surface area (Å²) in [7, 11) is -3.66. The van der Waals surface area contributed by atoms with Gasteiger partial charge in [0.1, 0.15) is 18.1 Å². The highest BCUT2D eigenvalue weighted by Gasteiger charge is 2.32. The van der Waals surface area contributed by atoms with E-state index < -0.39 is 22.0 Å². The lowest BCUT2D eigenvalue weighted by molar-refractivity contribution is -0.125. The van der Waals surface area contributed by atoms with Gasteiger partial charge in [0, 0.05) is 24.3 Å². The Hall–Kier alpha value is -3.93. The number of fused-ring (bicyclic) bond motifs is 1. The maximum absolute atomic E-state index is 13.0. The molecule has 1 N–H and O–H groups in total. The number of hydrogen-bond donors (Lipinski definition) is 1. The molecule has 3 aromatic carbocycles. The molecule has 1 atom stereocenters. The molecule has 10 nitrogen and oxygen atoms in total. The van der Waals surface area contributed by atoms with E-state index in [2.05, 4.69) is 5.32 Å². The molecule has 1 saturated heterocycles. The third-order valence-corrected chi connectivity index (χ3v) is 8.67. The molecule has 1 unspecified atom stereocenters. The number of morpholine rings is 1. The van der Waals surface area contributed by atoms with Crippen LogP contribution in [0.15, 0.2) is 71.6 Å². The summed E-state index contributed by atoms with van der Waals surface area (Å²) >= 11 is 0. The molecule has 0 radical (unpaired) electrons. The van der Waals surface area contributed by atoms with Crippen LogP contribution >= 0.6 is 0 Å². The number of carbonyl (C=O) groups excluding carboxylic acids is 2. The van der Waals surface area contributed by atoms with Crippen molar-refractivity contribution >= 4 is 33.2 Å². The van der Waals surface area contributed by atoms with Gasteiger partial charge in [-0.15, -0.1) is 0 Å². The van der Waals surface area contributed by atoms with Gasteiger partial charge < -0.3 is 24.4 Å². The first-order valence-electron chi connectivity index (χ1n) is 13.0. The van der Waals surface area contributed by atoms with E-state index in [9.17, 15) is 18.0 Å². The van der Waals surface area contributed by atoms with Crippen molar-refractivity contribution in [2.75, 3.05) is 49.7 Å². The first-order valence-corrected chi connectivity index (χ1v) is 14.5. The van der Waals surface area contributed by atoms with Gasteiger partial charge in [0.2, 0.25) is 10.0 Å². The molecule has 1 fully saturated rings. The fourth-order valence-corrected chi connectivity index (χ4v) is 5.93. The zero-order chi connectivity index (χ0) is 28.3. The van der Waals surface area contributed by atoms with Crippen LogP contribution in [0.4, 0.5) is 11.4 Å². The van der Waals surface area contributed by atoms with Crippen LogP contribution in [0.2, 0.25) is 0 Å². The lowest BCUT2D eigenvalue weighted by atomic mass is 10.1. The van der Waals surface area contributed by atoms with Crippen LogP contribution in [0.1, 0.15) is 22.8 Å². The number of nitrogens with one attached hydrogen (secondary N) is 1. The van der Waals surface area contributed by atoms with Gasteiger partial charge in [0.15, 0.2) is 6.10 Å².